The number of hydrogen-bond acceptors (Lipinski definition) is 5. The molecule has 1 aromatic heterocycles. The fraction of sp³-hybridized carbons (Fsp3) is 0.500. The van der Waals surface area contributed by atoms with Crippen LogP contribution in [-0.2, 0) is 4.74 Å². The summed E-state index contributed by atoms with van der Waals surface area (Å²) in [6, 6.07) is 7.88. The number of aliphatic imine (C=N–C) groups is 1. The number of anilines is 1. The molecule has 0 spiro atoms. The highest BCUT2D eigenvalue weighted by atomic mass is 16.6. The maximum atomic E-state index is 12.1. The van der Waals surface area contributed by atoms with Gasteiger partial charge in [-0.25, -0.2) is 19.8 Å². The van der Waals surface area contributed by atoms with Gasteiger partial charge < -0.3 is 15.4 Å². The summed E-state index contributed by atoms with van der Waals surface area (Å²) >= 11 is 0. The molecule has 0 saturated carbocycles. The van der Waals surface area contributed by atoms with Gasteiger partial charge in [0.1, 0.15) is 5.60 Å². The molecule has 28 heavy (non-hydrogen) atoms. The second-order valence-electron chi connectivity index (χ2n) is 7.99. The number of nitrogens with zero attached hydrogens (tertiary/aromatic N) is 4. The number of nitrogens with one attached hydrogen (secondary N) is 1. The van der Waals surface area contributed by atoms with Gasteiger partial charge in [0.15, 0.2) is 5.96 Å². The minimum Gasteiger partial charge on any atom is -0.444 e. The molecule has 0 aliphatic carbocycles. The first-order valence-electron chi connectivity index (χ1n) is 9.53. The lowest BCUT2D eigenvalue weighted by atomic mass is 10.1. The Morgan fingerprint density at radius 2 is 1.93 bits per heavy atom. The third-order valence-electron chi connectivity index (χ3n) is 4.47. The first kappa shape index (κ1) is 19.9. The van der Waals surface area contributed by atoms with Gasteiger partial charge in [-0.2, -0.15) is 0 Å². The predicted octanol–water partition coefficient (Wildman–Crippen LogP) is 3.06. The Labute approximate surface area is 165 Å². The molecule has 3 rings (SSSR count). The van der Waals surface area contributed by atoms with Gasteiger partial charge in [-0.3, -0.25) is 5.32 Å². The molecule has 1 aromatic carbocycles. The molecule has 1 aliphatic heterocycles. The van der Waals surface area contributed by atoms with Crippen molar-refractivity contribution in [1.29, 1.82) is 0 Å². The number of likely N-dealkylation sites (tertiary alicyclic amines) is 1. The number of amides is 1. The zero-order valence-corrected chi connectivity index (χ0v) is 16.9. The Morgan fingerprint density at radius 3 is 2.61 bits per heavy atom. The molecule has 1 amide bonds. The summed E-state index contributed by atoms with van der Waals surface area (Å²) in [5.41, 5.74) is 7.31. The van der Waals surface area contributed by atoms with E-state index in [0.29, 0.717) is 19.0 Å². The van der Waals surface area contributed by atoms with Crippen LogP contribution in [0.15, 0.2) is 29.3 Å². The van der Waals surface area contributed by atoms with Gasteiger partial charge >= 0.3 is 6.09 Å². The van der Waals surface area contributed by atoms with E-state index in [-0.39, 0.29) is 18.1 Å². The number of rotatable bonds is 2. The van der Waals surface area contributed by atoms with Crippen molar-refractivity contribution in [2.24, 2.45) is 10.7 Å². The van der Waals surface area contributed by atoms with Gasteiger partial charge in [-0.15, -0.1) is 0 Å². The fourth-order valence-corrected chi connectivity index (χ4v) is 3.14. The van der Waals surface area contributed by atoms with E-state index in [9.17, 15) is 4.79 Å². The molecule has 0 unspecified atom stereocenters. The number of aromatic nitrogens is 2. The predicted molar refractivity (Wildman–Crippen MR) is 110 cm³/mol. The normalized spacial score (nSPS) is 16.3. The van der Waals surface area contributed by atoms with Crippen LogP contribution >= 0.6 is 0 Å². The number of aryl methyl sites for hydroxylation is 1. The highest BCUT2D eigenvalue weighted by Crippen LogP contribution is 2.18. The van der Waals surface area contributed by atoms with E-state index in [1.54, 1.807) is 4.90 Å². The number of hydrogen-bond donors (Lipinski definition) is 2. The van der Waals surface area contributed by atoms with Crippen LogP contribution in [0.4, 0.5) is 10.7 Å². The van der Waals surface area contributed by atoms with Crippen LogP contribution in [0.3, 0.4) is 0 Å². The summed E-state index contributed by atoms with van der Waals surface area (Å²) in [5.74, 6) is 0.717. The molecule has 1 saturated heterocycles. The van der Waals surface area contributed by atoms with E-state index in [1.807, 2.05) is 52.0 Å². The Kier molecular flexibility index (Phi) is 5.67. The summed E-state index contributed by atoms with van der Waals surface area (Å²) in [6.45, 7) is 8.74. The van der Waals surface area contributed by atoms with E-state index in [1.165, 1.54) is 0 Å². The number of carbonyl (C=O) groups is 1. The van der Waals surface area contributed by atoms with Crippen LogP contribution in [-0.4, -0.2) is 51.7 Å². The highest BCUT2D eigenvalue weighted by molar-refractivity contribution is 5.92. The van der Waals surface area contributed by atoms with E-state index in [4.69, 9.17) is 10.5 Å². The topological polar surface area (TPSA) is 106 Å². The largest absolute Gasteiger partial charge is 0.444 e. The van der Waals surface area contributed by atoms with Crippen LogP contribution in [0.5, 0.6) is 0 Å². The first-order chi connectivity index (χ1) is 13.2. The number of fused-ring (bicyclic) bond motifs is 1. The van der Waals surface area contributed by atoms with Crippen molar-refractivity contribution in [3.63, 3.8) is 0 Å². The van der Waals surface area contributed by atoms with Crippen LogP contribution in [0.1, 0.15) is 39.3 Å². The Balaban J connectivity index is 1.59. The van der Waals surface area contributed by atoms with Crippen molar-refractivity contribution in [3.05, 3.63) is 30.0 Å². The van der Waals surface area contributed by atoms with Gasteiger partial charge in [0.05, 0.1) is 17.3 Å². The molecule has 0 radical (unpaired) electrons. The number of para-hydroxylation sites is 1. The molecule has 8 nitrogen and oxygen atoms in total. The molecule has 1 fully saturated rings. The Morgan fingerprint density at radius 1 is 1.25 bits per heavy atom. The van der Waals surface area contributed by atoms with E-state index in [2.05, 4.69) is 20.3 Å². The SMILES string of the molecule is Cc1nc(NC(N)=NC2CCN(C(=O)OC(C)(C)C)CC2)nc2ccccc12. The number of piperidine rings is 1. The monoisotopic (exact) mass is 384 g/mol. The third kappa shape index (κ3) is 5.09. The minimum absolute atomic E-state index is 0.0488. The number of benzene rings is 1. The van der Waals surface area contributed by atoms with E-state index >= 15 is 0 Å². The van der Waals surface area contributed by atoms with Crippen LogP contribution in [0.2, 0.25) is 0 Å². The molecule has 2 aromatic rings. The van der Waals surface area contributed by atoms with Crippen LogP contribution < -0.4 is 11.1 Å². The number of carbonyl (C=O) groups excluding carboxylic acids is 1. The molecule has 0 atom stereocenters. The van der Waals surface area contributed by atoms with Gasteiger partial charge in [0.25, 0.3) is 0 Å². The number of nitrogens with two attached hydrogens (primary N) is 1. The summed E-state index contributed by atoms with van der Waals surface area (Å²) in [4.78, 5) is 27.3. The van der Waals surface area contributed by atoms with Gasteiger partial charge in [0.2, 0.25) is 5.95 Å². The zero-order valence-electron chi connectivity index (χ0n) is 16.9. The molecule has 8 heteroatoms. The summed E-state index contributed by atoms with van der Waals surface area (Å²) in [6.07, 6.45) is 1.19. The van der Waals surface area contributed by atoms with Gasteiger partial charge in [0, 0.05) is 18.5 Å². The maximum absolute atomic E-state index is 12.1. The lowest BCUT2D eigenvalue weighted by molar-refractivity contribution is 0.0207. The van der Waals surface area contributed by atoms with E-state index < -0.39 is 5.60 Å². The molecule has 1 aliphatic rings. The van der Waals surface area contributed by atoms with Crippen LogP contribution in [0.25, 0.3) is 10.9 Å². The summed E-state index contributed by atoms with van der Waals surface area (Å²) in [5, 5.41) is 4.00. The van der Waals surface area contributed by atoms with Crippen LogP contribution in [0, 0.1) is 6.92 Å². The Hall–Kier alpha value is -2.90. The lowest BCUT2D eigenvalue weighted by Gasteiger charge is -2.32. The standard InChI is InChI=1S/C20H28N6O2/c1-13-15-7-5-6-8-16(15)24-18(22-13)25-17(21)23-14-9-11-26(12-10-14)19(27)28-20(2,3)4/h5-8,14H,9-12H2,1-4H3,(H3,21,22,23,24,25). The third-order valence-corrected chi connectivity index (χ3v) is 4.47. The average Bonchev–Trinajstić information content (AvgIpc) is 2.61. The van der Waals surface area contributed by atoms with Crippen molar-refractivity contribution in [2.45, 2.75) is 52.2 Å². The molecular formula is C20H28N6O2. The first-order valence-corrected chi connectivity index (χ1v) is 9.53. The fourth-order valence-electron chi connectivity index (χ4n) is 3.14. The van der Waals surface area contributed by atoms with Gasteiger partial charge in [-0.05, 0) is 46.6 Å². The molecule has 0 bridgehead atoms. The number of guanidine groups is 1. The summed E-state index contributed by atoms with van der Waals surface area (Å²) in [7, 11) is 0. The highest BCUT2D eigenvalue weighted by Gasteiger charge is 2.26. The van der Waals surface area contributed by atoms with Crippen molar-refractivity contribution in [1.82, 2.24) is 14.9 Å². The average molecular weight is 384 g/mol. The van der Waals surface area contributed by atoms with Crippen molar-refractivity contribution in [2.75, 3.05) is 18.4 Å². The van der Waals surface area contributed by atoms with E-state index in [0.717, 1.165) is 29.4 Å². The van der Waals surface area contributed by atoms with Gasteiger partial charge in [-0.1, -0.05) is 18.2 Å². The molecule has 150 valence electrons. The summed E-state index contributed by atoms with van der Waals surface area (Å²) < 4.78 is 5.42. The minimum atomic E-state index is -0.488. The quantitative estimate of drug-likeness (QED) is 0.609. The second kappa shape index (κ2) is 8.00. The molecule has 2 heterocycles. The smallest absolute Gasteiger partial charge is 0.410 e. The molecular weight excluding hydrogens is 356 g/mol. The number of ether oxygens (including phenoxy) is 1. The second-order valence-corrected chi connectivity index (χ2v) is 7.99. The maximum Gasteiger partial charge on any atom is 0.410 e. The van der Waals surface area contributed by atoms with Crippen molar-refractivity contribution in [3.8, 4) is 0 Å². The zero-order chi connectivity index (χ0) is 20.3. The van der Waals surface area contributed by atoms with Crippen molar-refractivity contribution >= 4 is 28.9 Å². The molecule has 3 N–H and O–H groups in total. The van der Waals surface area contributed by atoms with Crippen molar-refractivity contribution < 1.29 is 9.53 Å². The Bertz CT molecular complexity index is 882. The lowest BCUT2D eigenvalue weighted by Crippen LogP contribution is -2.43.